The summed E-state index contributed by atoms with van der Waals surface area (Å²) >= 11 is 0. The monoisotopic (exact) mass is 356 g/mol. The zero-order valence-corrected chi connectivity index (χ0v) is 15.1. The lowest BCUT2D eigenvalue weighted by molar-refractivity contribution is -0.126. The summed E-state index contributed by atoms with van der Waals surface area (Å²) in [5.41, 5.74) is 5.97. The Bertz CT molecular complexity index is 476. The first-order valence-electron chi connectivity index (χ1n) is 8.39. The fourth-order valence-electron chi connectivity index (χ4n) is 2.64. The van der Waals surface area contributed by atoms with Crippen molar-refractivity contribution in [3.8, 4) is 0 Å². The van der Waals surface area contributed by atoms with Gasteiger partial charge in [-0.3, -0.25) is 4.79 Å². The summed E-state index contributed by atoms with van der Waals surface area (Å²) in [5, 5.41) is 2.90. The normalized spacial score (nSPS) is 17.6. The third-order valence-electron chi connectivity index (χ3n) is 4.29. The number of hydrogen-bond donors (Lipinski definition) is 2. The third-order valence-corrected chi connectivity index (χ3v) is 4.29. The van der Waals surface area contributed by atoms with Crippen molar-refractivity contribution in [3.05, 3.63) is 35.9 Å². The number of nitrogens with one attached hydrogen (secondary N) is 1. The minimum atomic E-state index is -1.01. The molecule has 1 aromatic rings. The molecular weight excluding hydrogens is 328 g/mol. The van der Waals surface area contributed by atoms with Crippen LogP contribution in [0.1, 0.15) is 31.7 Å². The lowest BCUT2D eigenvalue weighted by atomic mass is 9.92. The maximum atomic E-state index is 12.3. The van der Waals surface area contributed by atoms with Crippen LogP contribution in [0.15, 0.2) is 30.3 Å². The molecule has 6 heteroatoms. The molecule has 0 radical (unpaired) electrons. The summed E-state index contributed by atoms with van der Waals surface area (Å²) in [6.45, 7) is 5.45. The molecule has 0 aliphatic carbocycles. The predicted octanol–water partition coefficient (Wildman–Crippen LogP) is 2.23. The van der Waals surface area contributed by atoms with Gasteiger partial charge in [0, 0.05) is 33.0 Å². The number of carbonyl (C=O) groups excluding carboxylic acids is 1. The largest absolute Gasteiger partial charge is 0.381 e. The van der Waals surface area contributed by atoms with E-state index in [0.717, 1.165) is 44.6 Å². The molecule has 1 aromatic carbocycles. The minimum absolute atomic E-state index is 0. The molecule has 2 rings (SSSR count). The second kappa shape index (κ2) is 10.7. The first-order valence-corrected chi connectivity index (χ1v) is 8.39. The second-order valence-electron chi connectivity index (χ2n) is 6.31. The fraction of sp³-hybridized carbons (Fsp3) is 0.611. The van der Waals surface area contributed by atoms with Crippen LogP contribution in [-0.2, 0) is 19.8 Å². The molecule has 1 atom stereocenters. The van der Waals surface area contributed by atoms with Crippen LogP contribution in [0.25, 0.3) is 0 Å². The van der Waals surface area contributed by atoms with Crippen LogP contribution in [0.3, 0.4) is 0 Å². The number of ether oxygens (including phenoxy) is 2. The lowest BCUT2D eigenvalue weighted by Crippen LogP contribution is -2.49. The Morgan fingerprint density at radius 2 is 2.00 bits per heavy atom. The number of rotatable bonds is 8. The van der Waals surface area contributed by atoms with E-state index in [9.17, 15) is 4.79 Å². The molecule has 1 fully saturated rings. The Morgan fingerprint density at radius 3 is 2.67 bits per heavy atom. The Morgan fingerprint density at radius 1 is 1.33 bits per heavy atom. The minimum Gasteiger partial charge on any atom is -0.381 e. The van der Waals surface area contributed by atoms with Gasteiger partial charge in [-0.1, -0.05) is 30.3 Å². The van der Waals surface area contributed by atoms with E-state index in [1.165, 1.54) is 0 Å². The zero-order valence-electron chi connectivity index (χ0n) is 14.3. The van der Waals surface area contributed by atoms with Gasteiger partial charge in [0.2, 0.25) is 5.91 Å². The van der Waals surface area contributed by atoms with E-state index in [-0.39, 0.29) is 18.3 Å². The zero-order chi connectivity index (χ0) is 16.5. The van der Waals surface area contributed by atoms with Crippen LogP contribution in [0.4, 0.5) is 0 Å². The van der Waals surface area contributed by atoms with Crippen LogP contribution in [0.5, 0.6) is 0 Å². The smallest absolute Gasteiger partial charge is 0.244 e. The number of benzene rings is 1. The van der Waals surface area contributed by atoms with Crippen molar-refractivity contribution in [2.75, 3.05) is 33.0 Å². The van der Waals surface area contributed by atoms with E-state index in [4.69, 9.17) is 15.2 Å². The van der Waals surface area contributed by atoms with Gasteiger partial charge in [0.25, 0.3) is 0 Å². The van der Waals surface area contributed by atoms with E-state index in [1.807, 2.05) is 30.3 Å². The topological polar surface area (TPSA) is 73.6 Å². The average Bonchev–Trinajstić information content (AvgIpc) is 2.59. The van der Waals surface area contributed by atoms with Gasteiger partial charge in [-0.25, -0.2) is 0 Å². The summed E-state index contributed by atoms with van der Waals surface area (Å²) in [7, 11) is 0. The SMILES string of the molecule is CC(N)(C(=O)NCCCOCC1CCOCC1)c1ccccc1.Cl. The van der Waals surface area contributed by atoms with Crippen molar-refractivity contribution in [2.45, 2.75) is 31.7 Å². The molecule has 1 aliphatic heterocycles. The lowest BCUT2D eigenvalue weighted by Gasteiger charge is -2.24. The van der Waals surface area contributed by atoms with Crippen LogP contribution in [-0.4, -0.2) is 38.9 Å². The van der Waals surface area contributed by atoms with Gasteiger partial charge in [-0.2, -0.15) is 0 Å². The van der Waals surface area contributed by atoms with Gasteiger partial charge < -0.3 is 20.5 Å². The molecule has 5 nitrogen and oxygen atoms in total. The average molecular weight is 357 g/mol. The van der Waals surface area contributed by atoms with Gasteiger partial charge in [0.15, 0.2) is 0 Å². The molecule has 1 aliphatic rings. The number of nitrogens with two attached hydrogens (primary N) is 1. The molecule has 24 heavy (non-hydrogen) atoms. The quantitative estimate of drug-likeness (QED) is 0.700. The molecule has 1 amide bonds. The van der Waals surface area contributed by atoms with Crippen molar-refractivity contribution in [3.63, 3.8) is 0 Å². The van der Waals surface area contributed by atoms with Gasteiger partial charge in [0.1, 0.15) is 5.54 Å². The van der Waals surface area contributed by atoms with Crippen molar-refractivity contribution >= 4 is 18.3 Å². The number of amides is 1. The maximum absolute atomic E-state index is 12.3. The van der Waals surface area contributed by atoms with Crippen molar-refractivity contribution in [2.24, 2.45) is 11.7 Å². The molecule has 1 unspecified atom stereocenters. The molecular formula is C18H29ClN2O3. The summed E-state index contributed by atoms with van der Waals surface area (Å²) in [4.78, 5) is 12.3. The Hall–Kier alpha value is -1.14. The van der Waals surface area contributed by atoms with Crippen LogP contribution >= 0.6 is 12.4 Å². The summed E-state index contributed by atoms with van der Waals surface area (Å²) in [5.74, 6) is 0.455. The van der Waals surface area contributed by atoms with E-state index >= 15 is 0 Å². The van der Waals surface area contributed by atoms with E-state index in [1.54, 1.807) is 6.92 Å². The molecule has 0 aromatic heterocycles. The molecule has 136 valence electrons. The highest BCUT2D eigenvalue weighted by atomic mass is 35.5. The van der Waals surface area contributed by atoms with E-state index in [2.05, 4.69) is 5.32 Å². The van der Waals surface area contributed by atoms with Crippen molar-refractivity contribution in [1.82, 2.24) is 5.32 Å². The molecule has 1 saturated heterocycles. The Kier molecular flexibility index (Phi) is 9.29. The predicted molar refractivity (Wildman–Crippen MR) is 97.2 cm³/mol. The molecule has 0 spiro atoms. The fourth-order valence-corrected chi connectivity index (χ4v) is 2.64. The van der Waals surface area contributed by atoms with Gasteiger partial charge in [-0.05, 0) is 37.7 Å². The highest BCUT2D eigenvalue weighted by Gasteiger charge is 2.29. The van der Waals surface area contributed by atoms with E-state index < -0.39 is 5.54 Å². The highest BCUT2D eigenvalue weighted by Crippen LogP contribution is 2.17. The maximum Gasteiger partial charge on any atom is 0.244 e. The number of halogens is 1. The first-order chi connectivity index (χ1) is 11.1. The third kappa shape index (κ3) is 6.40. The molecule has 3 N–H and O–H groups in total. The van der Waals surface area contributed by atoms with Gasteiger partial charge >= 0.3 is 0 Å². The molecule has 0 saturated carbocycles. The Balaban J connectivity index is 0.00000288. The van der Waals surface area contributed by atoms with Crippen LogP contribution < -0.4 is 11.1 Å². The highest BCUT2D eigenvalue weighted by molar-refractivity contribution is 5.86. The summed E-state index contributed by atoms with van der Waals surface area (Å²) < 4.78 is 11.0. The second-order valence-corrected chi connectivity index (χ2v) is 6.31. The van der Waals surface area contributed by atoms with E-state index in [0.29, 0.717) is 19.1 Å². The van der Waals surface area contributed by atoms with Crippen molar-refractivity contribution < 1.29 is 14.3 Å². The molecule has 0 bridgehead atoms. The van der Waals surface area contributed by atoms with Crippen LogP contribution in [0.2, 0.25) is 0 Å². The first kappa shape index (κ1) is 20.9. The van der Waals surface area contributed by atoms with Gasteiger partial charge in [0.05, 0.1) is 0 Å². The van der Waals surface area contributed by atoms with Gasteiger partial charge in [-0.15, -0.1) is 12.4 Å². The Labute approximate surface area is 150 Å². The summed E-state index contributed by atoms with van der Waals surface area (Å²) in [6, 6.07) is 9.43. The number of carbonyl (C=O) groups is 1. The van der Waals surface area contributed by atoms with Crippen LogP contribution in [0, 0.1) is 5.92 Å². The number of hydrogen-bond acceptors (Lipinski definition) is 4. The summed E-state index contributed by atoms with van der Waals surface area (Å²) in [6.07, 6.45) is 2.96. The van der Waals surface area contributed by atoms with Crippen molar-refractivity contribution in [1.29, 1.82) is 0 Å². The standard InChI is InChI=1S/C18H28N2O3.ClH/c1-18(19,16-6-3-2-4-7-16)17(21)20-10-5-11-23-14-15-8-12-22-13-9-15;/h2-4,6-7,15H,5,8-14,19H2,1H3,(H,20,21);1H. The molecule has 1 heterocycles.